The number of pyridine rings is 2. The summed E-state index contributed by atoms with van der Waals surface area (Å²) in [5.74, 6) is 0. The van der Waals surface area contributed by atoms with E-state index in [1.807, 2.05) is 18.2 Å². The van der Waals surface area contributed by atoms with E-state index in [-0.39, 0.29) is 17.1 Å². The standard InChI is InChI=1S/C22H13N4O4/c23-14-21-22(16-6-4-9-19(12-16)26(29)30)20(13-17-7-1-2-10-24(17)21)15-5-3-8-18(11-15)25(27)28/h1-13H/q+1. The lowest BCUT2D eigenvalue weighted by atomic mass is 9.92. The molecule has 4 rings (SSSR count). The maximum absolute atomic E-state index is 11.3. The van der Waals surface area contributed by atoms with Gasteiger partial charge in [-0.2, -0.15) is 9.66 Å². The van der Waals surface area contributed by atoms with E-state index >= 15 is 0 Å². The fourth-order valence-electron chi connectivity index (χ4n) is 3.44. The zero-order valence-electron chi connectivity index (χ0n) is 15.4. The molecule has 8 nitrogen and oxygen atoms in total. The Bertz CT molecular complexity index is 1380. The Morgan fingerprint density at radius 3 is 2.07 bits per heavy atom. The van der Waals surface area contributed by atoms with Gasteiger partial charge in [0.1, 0.15) is 0 Å². The quantitative estimate of drug-likeness (QED) is 0.287. The molecule has 4 aromatic rings. The normalized spacial score (nSPS) is 10.5. The summed E-state index contributed by atoms with van der Waals surface area (Å²) < 4.78 is 1.69. The maximum atomic E-state index is 11.3. The van der Waals surface area contributed by atoms with Crippen molar-refractivity contribution in [2.75, 3.05) is 0 Å². The molecule has 2 aromatic carbocycles. The van der Waals surface area contributed by atoms with Crippen molar-refractivity contribution < 1.29 is 14.2 Å². The SMILES string of the molecule is N#Cc1c(-c2cccc([N+](=O)[O-])c2)c(-c2cccc([N+](=O)[O-])c2)cc2cccc[n+]12. The van der Waals surface area contributed by atoms with Crippen LogP contribution in [0.2, 0.25) is 0 Å². The third-order valence-corrected chi connectivity index (χ3v) is 4.75. The molecular formula is C22H13N4O4+. The lowest BCUT2D eigenvalue weighted by Crippen LogP contribution is -2.27. The van der Waals surface area contributed by atoms with E-state index in [9.17, 15) is 25.5 Å². The first-order valence-corrected chi connectivity index (χ1v) is 8.87. The van der Waals surface area contributed by atoms with E-state index in [1.165, 1.54) is 24.3 Å². The number of fused-ring (bicyclic) bond motifs is 1. The molecule has 0 aliphatic heterocycles. The summed E-state index contributed by atoms with van der Waals surface area (Å²) in [6.45, 7) is 0. The number of nitro groups is 2. The highest BCUT2D eigenvalue weighted by Crippen LogP contribution is 2.36. The second-order valence-corrected chi connectivity index (χ2v) is 6.50. The van der Waals surface area contributed by atoms with Crippen LogP contribution in [0.1, 0.15) is 5.69 Å². The van der Waals surface area contributed by atoms with Crippen LogP contribution in [-0.4, -0.2) is 9.85 Å². The molecular weight excluding hydrogens is 384 g/mol. The lowest BCUT2D eigenvalue weighted by Gasteiger charge is -2.11. The van der Waals surface area contributed by atoms with E-state index in [4.69, 9.17) is 0 Å². The van der Waals surface area contributed by atoms with Crippen molar-refractivity contribution in [1.29, 1.82) is 5.26 Å². The highest BCUT2D eigenvalue weighted by molar-refractivity contribution is 5.88. The summed E-state index contributed by atoms with van der Waals surface area (Å²) in [4.78, 5) is 21.6. The molecule has 30 heavy (non-hydrogen) atoms. The molecule has 0 spiro atoms. The Morgan fingerprint density at radius 2 is 1.43 bits per heavy atom. The molecule has 0 fully saturated rings. The molecule has 0 bridgehead atoms. The molecule has 0 atom stereocenters. The molecule has 8 heteroatoms. The summed E-state index contributed by atoms with van der Waals surface area (Å²) in [5.41, 5.74) is 2.83. The number of nitrogens with zero attached hydrogens (tertiary/aromatic N) is 4. The first-order valence-electron chi connectivity index (χ1n) is 8.87. The van der Waals surface area contributed by atoms with Crippen molar-refractivity contribution in [2.24, 2.45) is 0 Å². The Hall–Kier alpha value is -4.64. The van der Waals surface area contributed by atoms with E-state index in [0.29, 0.717) is 27.8 Å². The van der Waals surface area contributed by atoms with Gasteiger partial charge in [0.15, 0.2) is 12.3 Å². The number of rotatable bonds is 4. The van der Waals surface area contributed by atoms with Crippen molar-refractivity contribution in [3.63, 3.8) is 0 Å². The van der Waals surface area contributed by atoms with Gasteiger partial charge in [-0.25, -0.2) is 0 Å². The van der Waals surface area contributed by atoms with Gasteiger partial charge in [0.05, 0.1) is 15.4 Å². The first kappa shape index (κ1) is 18.7. The second-order valence-electron chi connectivity index (χ2n) is 6.50. The van der Waals surface area contributed by atoms with E-state index in [1.54, 1.807) is 40.9 Å². The minimum Gasteiger partial charge on any atom is -0.258 e. The van der Waals surface area contributed by atoms with Gasteiger partial charge < -0.3 is 0 Å². The summed E-state index contributed by atoms with van der Waals surface area (Å²) in [6, 6.07) is 21.5. The molecule has 2 aromatic heterocycles. The molecule has 0 N–H and O–H groups in total. The summed E-state index contributed by atoms with van der Waals surface area (Å²) in [5, 5.41) is 32.5. The first-order chi connectivity index (χ1) is 14.5. The van der Waals surface area contributed by atoms with Gasteiger partial charge in [0.25, 0.3) is 17.1 Å². The third kappa shape index (κ3) is 3.21. The van der Waals surface area contributed by atoms with Crippen LogP contribution in [-0.2, 0) is 0 Å². The van der Waals surface area contributed by atoms with E-state index in [0.717, 1.165) is 0 Å². The summed E-state index contributed by atoms with van der Waals surface area (Å²) >= 11 is 0. The number of hydrogen-bond acceptors (Lipinski definition) is 5. The van der Waals surface area contributed by atoms with Crippen LogP contribution < -0.4 is 4.40 Å². The predicted molar refractivity (Wildman–Crippen MR) is 108 cm³/mol. The average Bonchev–Trinajstić information content (AvgIpc) is 2.77. The molecule has 2 heterocycles. The van der Waals surface area contributed by atoms with Crippen LogP contribution in [0.5, 0.6) is 0 Å². The molecule has 0 saturated carbocycles. The van der Waals surface area contributed by atoms with Gasteiger partial charge >= 0.3 is 0 Å². The fourth-order valence-corrected chi connectivity index (χ4v) is 3.44. The molecule has 144 valence electrons. The van der Waals surface area contributed by atoms with Gasteiger partial charge in [0.2, 0.25) is 5.52 Å². The van der Waals surface area contributed by atoms with Gasteiger partial charge in [-0.3, -0.25) is 20.2 Å². The Morgan fingerprint density at radius 1 is 0.800 bits per heavy atom. The van der Waals surface area contributed by atoms with Crippen molar-refractivity contribution in [2.45, 2.75) is 0 Å². The van der Waals surface area contributed by atoms with E-state index < -0.39 is 9.85 Å². The molecule has 0 aliphatic carbocycles. The fraction of sp³-hybridized carbons (Fsp3) is 0. The van der Waals surface area contributed by atoms with Crippen molar-refractivity contribution in [3.8, 4) is 28.3 Å². The van der Waals surface area contributed by atoms with Crippen molar-refractivity contribution in [1.82, 2.24) is 0 Å². The van der Waals surface area contributed by atoms with Gasteiger partial charge in [-0.15, -0.1) is 0 Å². The van der Waals surface area contributed by atoms with Crippen LogP contribution in [0.15, 0.2) is 79.0 Å². The second kappa shape index (κ2) is 7.41. The molecule has 0 saturated heterocycles. The third-order valence-electron chi connectivity index (χ3n) is 4.75. The minimum absolute atomic E-state index is 0.0863. The van der Waals surface area contributed by atoms with Crippen LogP contribution in [0.3, 0.4) is 0 Å². The maximum Gasteiger partial charge on any atom is 0.297 e. The topological polar surface area (TPSA) is 114 Å². The monoisotopic (exact) mass is 397 g/mol. The molecule has 0 amide bonds. The van der Waals surface area contributed by atoms with Crippen LogP contribution in [0, 0.1) is 31.6 Å². The molecule has 0 radical (unpaired) electrons. The summed E-state index contributed by atoms with van der Waals surface area (Å²) in [6.07, 6.45) is 1.73. The number of nitriles is 1. The zero-order valence-corrected chi connectivity index (χ0v) is 15.4. The number of aromatic nitrogens is 1. The smallest absolute Gasteiger partial charge is 0.258 e. The van der Waals surface area contributed by atoms with Crippen LogP contribution in [0.25, 0.3) is 27.8 Å². The Labute approximate surface area is 170 Å². The zero-order chi connectivity index (χ0) is 21.3. The average molecular weight is 397 g/mol. The van der Waals surface area contributed by atoms with E-state index in [2.05, 4.69) is 6.07 Å². The largest absolute Gasteiger partial charge is 0.297 e. The Balaban J connectivity index is 2.12. The number of non-ortho nitro benzene ring substituents is 2. The minimum atomic E-state index is -0.503. The van der Waals surface area contributed by atoms with Gasteiger partial charge in [0, 0.05) is 48.0 Å². The van der Waals surface area contributed by atoms with Crippen molar-refractivity contribution in [3.05, 3.63) is 105 Å². The summed E-state index contributed by atoms with van der Waals surface area (Å²) in [7, 11) is 0. The van der Waals surface area contributed by atoms with Crippen molar-refractivity contribution >= 4 is 16.9 Å². The molecule has 0 unspecified atom stereocenters. The number of benzene rings is 2. The van der Waals surface area contributed by atoms with Crippen LogP contribution in [0.4, 0.5) is 11.4 Å². The predicted octanol–water partition coefficient (Wildman–Crippen LogP) is 4.45. The van der Waals surface area contributed by atoms with Gasteiger partial charge in [-0.1, -0.05) is 24.3 Å². The number of nitro benzene ring substituents is 2. The molecule has 0 aliphatic rings. The highest BCUT2D eigenvalue weighted by atomic mass is 16.6. The van der Waals surface area contributed by atoms with Crippen LogP contribution >= 0.6 is 0 Å². The van der Waals surface area contributed by atoms with Gasteiger partial charge in [-0.05, 0) is 17.2 Å². The highest BCUT2D eigenvalue weighted by Gasteiger charge is 2.25. The lowest BCUT2D eigenvalue weighted by molar-refractivity contribution is -0.514. The number of hydrogen-bond donors (Lipinski definition) is 0. The Kier molecular flexibility index (Phi) is 4.62.